The van der Waals surface area contributed by atoms with Crippen LogP contribution in [0.15, 0.2) is 25.0 Å². The molecular formula is C20H28N6O2. The Balaban J connectivity index is 0.000000264. The zero-order valence-electron chi connectivity index (χ0n) is 16.5. The molecule has 2 N–H and O–H groups in total. The molecule has 0 amide bonds. The second kappa shape index (κ2) is 10.5. The summed E-state index contributed by atoms with van der Waals surface area (Å²) >= 11 is 0. The van der Waals surface area contributed by atoms with Crippen molar-refractivity contribution in [3.63, 3.8) is 0 Å². The van der Waals surface area contributed by atoms with Crippen LogP contribution in [0.5, 0.6) is 0 Å². The quantitative estimate of drug-likeness (QED) is 0.658. The topological polar surface area (TPSA) is 105 Å². The van der Waals surface area contributed by atoms with Crippen LogP contribution in [0.3, 0.4) is 0 Å². The van der Waals surface area contributed by atoms with Crippen molar-refractivity contribution >= 4 is 29.5 Å². The van der Waals surface area contributed by atoms with E-state index in [4.69, 9.17) is 9.59 Å². The van der Waals surface area contributed by atoms with Crippen LogP contribution >= 0.6 is 0 Å². The highest BCUT2D eigenvalue weighted by atomic mass is 16.1. The molecule has 0 saturated heterocycles. The predicted octanol–water partition coefficient (Wildman–Crippen LogP) is 2.70. The molecule has 0 bridgehead atoms. The number of fused-ring (bicyclic) bond motifs is 3. The molecule has 5 rings (SSSR count). The largest absolute Gasteiger partial charge is 0.345 e. The van der Waals surface area contributed by atoms with Crippen LogP contribution in [0.1, 0.15) is 50.8 Å². The van der Waals surface area contributed by atoms with E-state index in [9.17, 15) is 0 Å². The van der Waals surface area contributed by atoms with Gasteiger partial charge in [0.15, 0.2) is 11.3 Å². The van der Waals surface area contributed by atoms with Gasteiger partial charge in [0.25, 0.3) is 0 Å². The lowest BCUT2D eigenvalue weighted by Crippen LogP contribution is -2.21. The number of aromatic nitrogens is 5. The highest BCUT2D eigenvalue weighted by Gasteiger charge is 2.28. The third kappa shape index (κ3) is 5.12. The van der Waals surface area contributed by atoms with Crippen LogP contribution in [0.4, 0.5) is 0 Å². The maximum atomic E-state index is 8.57. The average Bonchev–Trinajstić information content (AvgIpc) is 3.17. The molecule has 2 fully saturated rings. The van der Waals surface area contributed by atoms with E-state index < -0.39 is 0 Å². The van der Waals surface area contributed by atoms with E-state index in [1.54, 1.807) is 6.20 Å². The smallest absolute Gasteiger partial charge is 0.179 e. The molecule has 3 aromatic heterocycles. The summed E-state index contributed by atoms with van der Waals surface area (Å²) in [6.07, 6.45) is 10.2. The summed E-state index contributed by atoms with van der Waals surface area (Å²) in [6, 6.07) is 2.63. The van der Waals surface area contributed by atoms with Gasteiger partial charge in [0.05, 0.1) is 11.7 Å². The maximum Gasteiger partial charge on any atom is 0.179 e. The summed E-state index contributed by atoms with van der Waals surface area (Å²) < 4.78 is 2.14. The third-order valence-corrected chi connectivity index (χ3v) is 5.04. The van der Waals surface area contributed by atoms with Crippen LogP contribution in [0, 0.1) is 5.92 Å². The van der Waals surface area contributed by atoms with Gasteiger partial charge in [-0.25, -0.2) is 9.78 Å². The summed E-state index contributed by atoms with van der Waals surface area (Å²) in [5, 5.41) is 12.0. The Bertz CT molecular complexity index is 908. The lowest BCUT2D eigenvalue weighted by atomic mass is 10.1. The van der Waals surface area contributed by atoms with Crippen molar-refractivity contribution in [2.75, 3.05) is 7.05 Å². The molecule has 8 heteroatoms. The molecule has 2 aliphatic rings. The van der Waals surface area contributed by atoms with Crippen molar-refractivity contribution in [1.29, 1.82) is 0 Å². The highest BCUT2D eigenvalue weighted by molar-refractivity contribution is 5.74. The van der Waals surface area contributed by atoms with Crippen LogP contribution in [-0.2, 0) is 9.59 Å². The Morgan fingerprint density at radius 1 is 1.25 bits per heavy atom. The van der Waals surface area contributed by atoms with Crippen molar-refractivity contribution in [2.45, 2.75) is 51.0 Å². The number of carbonyl (C=O) groups is 1. The molecule has 0 aliphatic heterocycles. The summed E-state index contributed by atoms with van der Waals surface area (Å²) in [6.45, 7) is 6.96. The number of nitrogens with zero attached hydrogens (tertiary/aromatic N) is 4. The molecule has 2 aliphatic carbocycles. The van der Waals surface area contributed by atoms with Crippen molar-refractivity contribution in [1.82, 2.24) is 29.9 Å². The van der Waals surface area contributed by atoms with E-state index in [0.717, 1.165) is 35.0 Å². The number of rotatable bonds is 2. The van der Waals surface area contributed by atoms with Crippen LogP contribution in [0.25, 0.3) is 16.8 Å². The van der Waals surface area contributed by atoms with Gasteiger partial charge in [-0.1, -0.05) is 19.8 Å². The summed E-state index contributed by atoms with van der Waals surface area (Å²) in [5.41, 5.74) is 2.78. The molecule has 3 heterocycles. The first-order valence-corrected chi connectivity index (χ1v) is 9.45. The van der Waals surface area contributed by atoms with Crippen molar-refractivity contribution < 1.29 is 9.59 Å². The molecule has 150 valence electrons. The van der Waals surface area contributed by atoms with Gasteiger partial charge in [0.1, 0.15) is 18.6 Å². The van der Waals surface area contributed by atoms with Gasteiger partial charge >= 0.3 is 0 Å². The lowest BCUT2D eigenvalue weighted by Gasteiger charge is -2.09. The minimum atomic E-state index is 0.480. The van der Waals surface area contributed by atoms with E-state index in [-0.39, 0.29) is 0 Å². The molecule has 0 unspecified atom stereocenters. The second-order valence-corrected chi connectivity index (χ2v) is 7.04. The third-order valence-electron chi connectivity index (χ3n) is 5.04. The number of nitrogens with one attached hydrogen (secondary N) is 2. The van der Waals surface area contributed by atoms with Gasteiger partial charge in [-0.3, -0.25) is 4.40 Å². The van der Waals surface area contributed by atoms with Crippen LogP contribution in [-0.4, -0.2) is 50.4 Å². The van der Waals surface area contributed by atoms with Crippen molar-refractivity contribution in [3.05, 3.63) is 30.9 Å². The van der Waals surface area contributed by atoms with Gasteiger partial charge in [-0.2, -0.15) is 0 Å². The molecule has 0 radical (unpaired) electrons. The van der Waals surface area contributed by atoms with E-state index in [1.165, 1.54) is 31.6 Å². The monoisotopic (exact) mass is 384 g/mol. The lowest BCUT2D eigenvalue weighted by molar-refractivity contribution is -0.0979. The fourth-order valence-corrected chi connectivity index (χ4v) is 3.31. The molecule has 3 aromatic rings. The molecule has 2 saturated carbocycles. The fourth-order valence-electron chi connectivity index (χ4n) is 3.31. The average molecular weight is 384 g/mol. The summed E-state index contributed by atoms with van der Waals surface area (Å²) in [7, 11) is 2.03. The summed E-state index contributed by atoms with van der Waals surface area (Å²) in [5.74, 6) is 3.88. The predicted molar refractivity (Wildman–Crippen MR) is 109 cm³/mol. The second-order valence-electron chi connectivity index (χ2n) is 7.04. The van der Waals surface area contributed by atoms with Gasteiger partial charge in [-0.05, 0) is 44.9 Å². The maximum absolute atomic E-state index is 8.57. The minimum Gasteiger partial charge on any atom is -0.345 e. The standard InChI is InChI=1S/C13H16N6.C4H8.C2H2O.CH2O/c1-14-9-3-2-8(6-9)13-18-17-11-7-16-12-10(19(11)13)4-5-15-12;1-4-2-3-4;1-2-3;1-2/h4-5,7-9,14-15H,2-3,6H2,1H3;4H,2-3H2,1H3;1H2;1H2/t8-,9+;;;/m0.../s1. The van der Waals surface area contributed by atoms with E-state index >= 15 is 0 Å². The molecular weight excluding hydrogens is 356 g/mol. The zero-order chi connectivity index (χ0) is 20.5. The van der Waals surface area contributed by atoms with Crippen LogP contribution < -0.4 is 5.32 Å². The minimum absolute atomic E-state index is 0.480. The molecule has 8 nitrogen and oxygen atoms in total. The van der Waals surface area contributed by atoms with Crippen molar-refractivity contribution in [2.24, 2.45) is 5.92 Å². The number of hydrogen-bond donors (Lipinski definition) is 2. The van der Waals surface area contributed by atoms with Gasteiger partial charge in [-0.15, -0.1) is 10.2 Å². The summed E-state index contributed by atoms with van der Waals surface area (Å²) in [4.78, 5) is 24.1. The molecule has 2 atom stereocenters. The molecule has 0 aromatic carbocycles. The first-order valence-electron chi connectivity index (χ1n) is 9.45. The highest BCUT2D eigenvalue weighted by Crippen LogP contribution is 2.34. The number of carbonyl (C=O) groups excluding carboxylic acids is 2. The number of hydrogen-bond acceptors (Lipinski definition) is 6. The molecule has 0 spiro atoms. The van der Waals surface area contributed by atoms with Crippen LogP contribution in [0.2, 0.25) is 0 Å². The number of aromatic amines is 1. The first kappa shape index (κ1) is 21.5. The zero-order valence-corrected chi connectivity index (χ0v) is 16.5. The SMILES string of the molecule is C=C=O.C=O.CC1CC1.CN[C@@H]1CC[C@H](c2nnc3cnc4[nH]ccc4n23)C1. The van der Waals surface area contributed by atoms with Gasteiger partial charge < -0.3 is 15.1 Å². The first-order chi connectivity index (χ1) is 13.7. The normalized spacial score (nSPS) is 20.2. The Kier molecular flexibility index (Phi) is 8.04. The Morgan fingerprint density at radius 3 is 2.50 bits per heavy atom. The molecule has 28 heavy (non-hydrogen) atoms. The van der Waals surface area contributed by atoms with E-state index in [2.05, 4.69) is 43.4 Å². The van der Waals surface area contributed by atoms with Crippen molar-refractivity contribution in [3.8, 4) is 0 Å². The van der Waals surface area contributed by atoms with Gasteiger partial charge in [0.2, 0.25) is 0 Å². The Labute approximate surface area is 164 Å². The fraction of sp³-hybridized carbons (Fsp3) is 0.500. The number of H-pyrrole nitrogens is 1. The Morgan fingerprint density at radius 2 is 1.93 bits per heavy atom. The Hall–Kier alpha value is -2.83. The van der Waals surface area contributed by atoms with Gasteiger partial charge in [0, 0.05) is 18.2 Å². The van der Waals surface area contributed by atoms with E-state index in [0.29, 0.717) is 12.0 Å². The van der Waals surface area contributed by atoms with E-state index in [1.807, 2.05) is 26.1 Å².